The fourth-order valence-corrected chi connectivity index (χ4v) is 0. The molecule has 3 radical (unpaired) electrons. The average Bonchev–Trinajstić information content (AvgIpc) is 0.722. The average molecular weight is 245 g/mol. The van der Waals surface area contributed by atoms with Gasteiger partial charge < -0.3 is 37.2 Å². The Kier molecular flexibility index (Phi) is 42.6. The molecule has 0 saturated heterocycles. The van der Waals surface area contributed by atoms with Gasteiger partial charge in [0.1, 0.15) is 0 Å². The third-order valence-corrected chi connectivity index (χ3v) is 0. The van der Waals surface area contributed by atoms with Gasteiger partial charge in [-0.25, -0.2) is 0 Å². The second-order valence-electron chi connectivity index (χ2n) is 2.17. The van der Waals surface area contributed by atoms with Gasteiger partial charge in [-0.3, -0.25) is 0 Å². The first kappa shape index (κ1) is 31.1. The molecule has 0 aliphatic heterocycles. The van der Waals surface area contributed by atoms with E-state index in [1.54, 1.807) is 0 Å². The molecular weight excluding hydrogens is 235 g/mol. The van der Waals surface area contributed by atoms with Crippen LogP contribution in [0.1, 0.15) is 0 Å². The van der Waals surface area contributed by atoms with Crippen LogP contribution >= 0.6 is 0 Å². The maximum atomic E-state index is 8.66. The zero-order chi connectivity index (χ0) is 4.50. The summed E-state index contributed by atoms with van der Waals surface area (Å²) in [7, 11) is -1.61. The van der Waals surface area contributed by atoms with Gasteiger partial charge in [0.15, 0.2) is 8.24 Å². The van der Waals surface area contributed by atoms with E-state index in [9.17, 15) is 0 Å². The molecule has 0 unspecified atom stereocenters. The molecule has 0 aromatic heterocycles. The molecule has 1 nitrogen and oxygen atoms in total. The van der Waals surface area contributed by atoms with E-state index >= 15 is 0 Å². The van der Waals surface area contributed by atoms with E-state index in [4.69, 9.17) is 5.40 Å². The first-order chi connectivity index (χ1) is 2.00. The van der Waals surface area contributed by atoms with Gasteiger partial charge in [0.05, 0.1) is 0 Å². The summed E-state index contributed by atoms with van der Waals surface area (Å²) >= 11 is 0. The molecule has 0 aromatic rings. The molecule has 0 rings (SSSR count). The van der Waals surface area contributed by atoms with Gasteiger partial charge in [-0.2, -0.15) is 5.40 Å². The van der Waals surface area contributed by atoms with Crippen LogP contribution in [0.4, 0.5) is 0 Å². The van der Waals surface area contributed by atoms with Crippen LogP contribution in [0.5, 0.6) is 0 Å². The minimum Gasteiger partial charge on any atom is -1.00 e. The zero-order valence-corrected chi connectivity index (χ0v) is 10.2. The number of hydrogen-bond acceptors (Lipinski definition) is 0. The fraction of sp³-hybridized carbons (Fsp3) is 1.00. The van der Waals surface area contributed by atoms with E-state index in [0.29, 0.717) is 0 Å². The Labute approximate surface area is 88.7 Å². The number of hydrogen-bond donors (Lipinski definition) is 0. The Hall–Kier alpha value is 1.63. The molecule has 59 valence electrons. The number of nitrogens with zero attached hydrogens (tertiary/aromatic N) is 1. The molecular formula is C3H9Cl3NSiV-3. The van der Waals surface area contributed by atoms with Crippen LogP contribution in [-0.2, 0) is 18.6 Å². The summed E-state index contributed by atoms with van der Waals surface area (Å²) in [5.74, 6) is 0. The topological polar surface area (TPSA) is 22.3 Å². The van der Waals surface area contributed by atoms with Crippen LogP contribution < -0.4 is 42.6 Å². The summed E-state index contributed by atoms with van der Waals surface area (Å²) in [6.45, 7) is 5.65. The van der Waals surface area contributed by atoms with Gasteiger partial charge in [0.2, 0.25) is 0 Å². The zero-order valence-electron chi connectivity index (χ0n) is 5.53. The van der Waals surface area contributed by atoms with Gasteiger partial charge in [-0.05, 0) is 0 Å². The molecule has 0 atom stereocenters. The Bertz CT molecular complexity index is 34.5. The molecule has 6 heteroatoms. The van der Waals surface area contributed by atoms with Crippen molar-refractivity contribution in [2.45, 2.75) is 19.6 Å². The second-order valence-corrected chi connectivity index (χ2v) is 6.51. The first-order valence-electron chi connectivity index (χ1n) is 1.72. The SMILES string of the molecule is C[Si](C)(C)[N].[Cl-].[Cl-].[Cl-].[V]. The molecule has 0 bridgehead atoms. The van der Waals surface area contributed by atoms with E-state index < -0.39 is 8.24 Å². The van der Waals surface area contributed by atoms with Crippen molar-refractivity contribution >= 4 is 8.24 Å². The number of halogens is 3. The third kappa shape index (κ3) is 211. The summed E-state index contributed by atoms with van der Waals surface area (Å²) in [6.07, 6.45) is 0. The van der Waals surface area contributed by atoms with E-state index in [2.05, 4.69) is 0 Å². The van der Waals surface area contributed by atoms with Crippen molar-refractivity contribution in [2.75, 3.05) is 0 Å². The van der Waals surface area contributed by atoms with E-state index in [1.165, 1.54) is 0 Å². The largest absolute Gasteiger partial charge is 1.00 e. The molecule has 0 fully saturated rings. The Morgan fingerprint density at radius 2 is 0.889 bits per heavy atom. The molecule has 0 amide bonds. The van der Waals surface area contributed by atoms with Crippen LogP contribution in [0.3, 0.4) is 0 Å². The van der Waals surface area contributed by atoms with Crippen LogP contribution in [0, 0.1) is 0 Å². The van der Waals surface area contributed by atoms with Gasteiger partial charge in [0, 0.05) is 18.6 Å². The molecule has 0 saturated carbocycles. The number of rotatable bonds is 0. The summed E-state index contributed by atoms with van der Waals surface area (Å²) in [6, 6.07) is 0. The summed E-state index contributed by atoms with van der Waals surface area (Å²) < 4.78 is 0. The van der Waals surface area contributed by atoms with Gasteiger partial charge in [-0.15, -0.1) is 0 Å². The molecule has 0 spiro atoms. The predicted octanol–water partition coefficient (Wildman–Crippen LogP) is -8.10. The van der Waals surface area contributed by atoms with Gasteiger partial charge in [0.25, 0.3) is 0 Å². The Morgan fingerprint density at radius 3 is 0.889 bits per heavy atom. The van der Waals surface area contributed by atoms with Gasteiger partial charge in [-0.1, -0.05) is 19.6 Å². The fourth-order valence-electron chi connectivity index (χ4n) is 0. The van der Waals surface area contributed by atoms with Crippen LogP contribution in [0.15, 0.2) is 0 Å². The molecule has 0 aromatic carbocycles. The van der Waals surface area contributed by atoms with E-state index in [0.717, 1.165) is 0 Å². The molecule has 0 N–H and O–H groups in total. The van der Waals surface area contributed by atoms with Crippen molar-refractivity contribution in [1.29, 1.82) is 0 Å². The standard InChI is InChI=1S/C3H9NSi.3ClH.V/c1-5(2,3)4;;;;/h1-3H3;3*1H;/p-3. The van der Waals surface area contributed by atoms with Crippen molar-refractivity contribution in [3.05, 3.63) is 0 Å². The summed E-state index contributed by atoms with van der Waals surface area (Å²) in [4.78, 5) is 0. The summed E-state index contributed by atoms with van der Waals surface area (Å²) in [5, 5.41) is 8.66. The van der Waals surface area contributed by atoms with Crippen molar-refractivity contribution in [1.82, 2.24) is 5.40 Å². The molecule has 9 heavy (non-hydrogen) atoms. The van der Waals surface area contributed by atoms with Gasteiger partial charge >= 0.3 is 0 Å². The van der Waals surface area contributed by atoms with Crippen LogP contribution in [0.25, 0.3) is 0 Å². The maximum Gasteiger partial charge on any atom is 0.160 e. The van der Waals surface area contributed by atoms with E-state index in [1.807, 2.05) is 19.6 Å². The van der Waals surface area contributed by atoms with Crippen molar-refractivity contribution in [2.24, 2.45) is 0 Å². The van der Waals surface area contributed by atoms with Crippen molar-refractivity contribution in [3.63, 3.8) is 0 Å². The Morgan fingerprint density at radius 1 is 0.889 bits per heavy atom. The third-order valence-electron chi connectivity index (χ3n) is 0. The summed E-state index contributed by atoms with van der Waals surface area (Å²) in [5.41, 5.74) is 0. The predicted molar refractivity (Wildman–Crippen MR) is 25.5 cm³/mol. The smallest absolute Gasteiger partial charge is 0.160 e. The molecule has 0 aliphatic rings. The quantitative estimate of drug-likeness (QED) is 0.378. The minimum absolute atomic E-state index is 0. The van der Waals surface area contributed by atoms with Crippen LogP contribution in [-0.4, -0.2) is 8.24 Å². The minimum atomic E-state index is -1.61. The van der Waals surface area contributed by atoms with E-state index in [-0.39, 0.29) is 55.8 Å². The second kappa shape index (κ2) is 12.3. The van der Waals surface area contributed by atoms with Crippen molar-refractivity contribution < 1.29 is 55.8 Å². The molecule has 0 aliphatic carbocycles. The first-order valence-corrected chi connectivity index (χ1v) is 5.17. The monoisotopic (exact) mass is 243 g/mol. The maximum absolute atomic E-state index is 8.66. The normalized spacial score (nSPS) is 6.67. The van der Waals surface area contributed by atoms with Crippen LogP contribution in [0.2, 0.25) is 19.6 Å². The Balaban J connectivity index is -0.0000000133. The van der Waals surface area contributed by atoms with Crippen molar-refractivity contribution in [3.8, 4) is 0 Å². The molecule has 0 heterocycles.